The average Bonchev–Trinajstić information content (AvgIpc) is 3.11. The molecule has 0 saturated carbocycles. The number of H-pyrrole nitrogens is 1. The number of fused-ring (bicyclic) bond motifs is 1. The molecule has 0 atom stereocenters. The zero-order valence-corrected chi connectivity index (χ0v) is 14.1. The maximum Gasteiger partial charge on any atom is 0.260 e. The molecular weight excluding hydrogens is 314 g/mol. The Bertz CT molecular complexity index is 848. The Morgan fingerprint density at radius 3 is 2.64 bits per heavy atom. The van der Waals surface area contributed by atoms with Crippen molar-refractivity contribution in [2.24, 2.45) is 0 Å². The van der Waals surface area contributed by atoms with Crippen LogP contribution < -0.4 is 4.74 Å². The number of piperidine rings is 1. The van der Waals surface area contributed by atoms with Crippen molar-refractivity contribution in [2.75, 3.05) is 19.7 Å². The first-order valence-corrected chi connectivity index (χ1v) is 8.76. The number of nitrogens with zero attached hydrogens (tertiary/aromatic N) is 2. The van der Waals surface area contributed by atoms with Gasteiger partial charge in [0.25, 0.3) is 5.91 Å². The number of aromatic amines is 1. The van der Waals surface area contributed by atoms with E-state index in [9.17, 15) is 4.79 Å². The van der Waals surface area contributed by atoms with Crippen LogP contribution in [0.4, 0.5) is 0 Å². The number of hydrogen-bond acceptors (Lipinski definition) is 3. The van der Waals surface area contributed by atoms with Crippen LogP contribution in [0, 0.1) is 0 Å². The fourth-order valence-corrected chi connectivity index (χ4v) is 3.24. The third kappa shape index (κ3) is 3.36. The number of benzene rings is 2. The molecule has 0 radical (unpaired) electrons. The number of amides is 1. The van der Waals surface area contributed by atoms with E-state index in [-0.39, 0.29) is 12.5 Å². The molecule has 5 nitrogen and oxygen atoms in total. The van der Waals surface area contributed by atoms with Crippen LogP contribution in [0.15, 0.2) is 48.5 Å². The second kappa shape index (κ2) is 6.97. The fourth-order valence-electron chi connectivity index (χ4n) is 3.24. The minimum Gasteiger partial charge on any atom is -0.483 e. The lowest BCUT2D eigenvalue weighted by Gasteiger charge is -2.26. The predicted octanol–water partition coefficient (Wildman–Crippen LogP) is 3.62. The molecule has 0 bridgehead atoms. The van der Waals surface area contributed by atoms with Crippen molar-refractivity contribution in [1.82, 2.24) is 14.9 Å². The Kier molecular flexibility index (Phi) is 4.37. The highest BCUT2D eigenvalue weighted by Crippen LogP contribution is 2.29. The van der Waals surface area contributed by atoms with Gasteiger partial charge in [0, 0.05) is 13.1 Å². The second-order valence-electron chi connectivity index (χ2n) is 6.33. The number of nitrogens with one attached hydrogen (secondary N) is 1. The van der Waals surface area contributed by atoms with Crippen LogP contribution >= 0.6 is 0 Å². The molecule has 1 aromatic heterocycles. The zero-order valence-electron chi connectivity index (χ0n) is 14.1. The van der Waals surface area contributed by atoms with E-state index >= 15 is 0 Å². The van der Waals surface area contributed by atoms with Crippen molar-refractivity contribution >= 4 is 16.9 Å². The smallest absolute Gasteiger partial charge is 0.260 e. The molecule has 2 aromatic carbocycles. The quantitative estimate of drug-likeness (QED) is 0.792. The van der Waals surface area contributed by atoms with Gasteiger partial charge in [-0.2, -0.15) is 0 Å². The molecule has 0 aliphatic carbocycles. The molecule has 1 N–H and O–H groups in total. The molecule has 1 aliphatic heterocycles. The maximum atomic E-state index is 12.3. The lowest BCUT2D eigenvalue weighted by molar-refractivity contribution is -0.134. The van der Waals surface area contributed by atoms with Crippen LogP contribution in [0.3, 0.4) is 0 Å². The molecule has 1 saturated heterocycles. The Balaban J connectivity index is 1.53. The predicted molar refractivity (Wildman–Crippen MR) is 97.5 cm³/mol. The van der Waals surface area contributed by atoms with Crippen LogP contribution in [0.25, 0.3) is 22.4 Å². The number of rotatable bonds is 4. The zero-order chi connectivity index (χ0) is 17.1. The van der Waals surface area contributed by atoms with Gasteiger partial charge in [0.1, 0.15) is 11.6 Å². The van der Waals surface area contributed by atoms with Crippen LogP contribution in [0.5, 0.6) is 5.75 Å². The average molecular weight is 335 g/mol. The van der Waals surface area contributed by atoms with Crippen molar-refractivity contribution in [3.63, 3.8) is 0 Å². The maximum absolute atomic E-state index is 12.3. The first-order chi connectivity index (χ1) is 12.3. The molecule has 25 heavy (non-hydrogen) atoms. The van der Waals surface area contributed by atoms with Gasteiger partial charge in [-0.25, -0.2) is 4.98 Å². The van der Waals surface area contributed by atoms with E-state index < -0.39 is 0 Å². The summed E-state index contributed by atoms with van der Waals surface area (Å²) in [4.78, 5) is 22.2. The van der Waals surface area contributed by atoms with Crippen molar-refractivity contribution in [3.05, 3.63) is 48.5 Å². The van der Waals surface area contributed by atoms with Crippen molar-refractivity contribution in [3.8, 4) is 17.1 Å². The number of carbonyl (C=O) groups excluding carboxylic acids is 1. The number of ether oxygens (including phenoxy) is 1. The lowest BCUT2D eigenvalue weighted by Crippen LogP contribution is -2.38. The van der Waals surface area contributed by atoms with Crippen molar-refractivity contribution in [2.45, 2.75) is 19.3 Å². The van der Waals surface area contributed by atoms with Gasteiger partial charge in [-0.3, -0.25) is 4.79 Å². The highest BCUT2D eigenvalue weighted by atomic mass is 16.5. The van der Waals surface area contributed by atoms with E-state index in [0.717, 1.165) is 48.4 Å². The molecule has 1 aliphatic rings. The van der Waals surface area contributed by atoms with E-state index in [4.69, 9.17) is 4.74 Å². The number of carbonyl (C=O) groups is 1. The molecule has 128 valence electrons. The molecule has 1 fully saturated rings. The highest BCUT2D eigenvalue weighted by Gasteiger charge is 2.18. The Morgan fingerprint density at radius 1 is 1.04 bits per heavy atom. The third-order valence-corrected chi connectivity index (χ3v) is 4.59. The van der Waals surface area contributed by atoms with Crippen LogP contribution in [-0.2, 0) is 4.79 Å². The number of imidazole rings is 1. The summed E-state index contributed by atoms with van der Waals surface area (Å²) in [5.74, 6) is 1.48. The van der Waals surface area contributed by atoms with Gasteiger partial charge in [-0.1, -0.05) is 24.3 Å². The van der Waals surface area contributed by atoms with Gasteiger partial charge < -0.3 is 14.6 Å². The van der Waals surface area contributed by atoms with E-state index in [1.807, 2.05) is 53.4 Å². The van der Waals surface area contributed by atoms with E-state index in [0.29, 0.717) is 5.75 Å². The number of hydrogen-bond donors (Lipinski definition) is 1. The van der Waals surface area contributed by atoms with Gasteiger partial charge in [0.15, 0.2) is 6.61 Å². The lowest BCUT2D eigenvalue weighted by atomic mass is 10.1. The molecule has 4 rings (SSSR count). The van der Waals surface area contributed by atoms with Crippen molar-refractivity contribution < 1.29 is 9.53 Å². The largest absolute Gasteiger partial charge is 0.483 e. The molecule has 2 heterocycles. The molecule has 1 amide bonds. The number of para-hydroxylation sites is 3. The summed E-state index contributed by atoms with van der Waals surface area (Å²) in [5.41, 5.74) is 2.76. The van der Waals surface area contributed by atoms with Crippen LogP contribution in [0.1, 0.15) is 19.3 Å². The van der Waals surface area contributed by atoms with Crippen molar-refractivity contribution in [1.29, 1.82) is 0 Å². The molecule has 5 heteroatoms. The summed E-state index contributed by atoms with van der Waals surface area (Å²) in [7, 11) is 0. The number of aromatic nitrogens is 2. The summed E-state index contributed by atoms with van der Waals surface area (Å²) < 4.78 is 5.85. The Labute approximate surface area is 146 Å². The van der Waals surface area contributed by atoms with E-state index in [1.165, 1.54) is 6.42 Å². The van der Waals surface area contributed by atoms with Crippen LogP contribution in [0.2, 0.25) is 0 Å². The normalized spacial score (nSPS) is 14.6. The SMILES string of the molecule is O=C(COc1ccccc1-c1nc2ccccc2[nH]1)N1CCCCC1. The molecule has 0 spiro atoms. The molecule has 0 unspecified atom stereocenters. The summed E-state index contributed by atoms with van der Waals surface area (Å²) in [6.45, 7) is 1.75. The van der Waals surface area contributed by atoms with E-state index in [1.54, 1.807) is 0 Å². The Morgan fingerprint density at radius 2 is 1.80 bits per heavy atom. The molecular formula is C20H21N3O2. The van der Waals surface area contributed by atoms with Gasteiger partial charge in [0.2, 0.25) is 0 Å². The monoisotopic (exact) mass is 335 g/mol. The minimum absolute atomic E-state index is 0.0547. The topological polar surface area (TPSA) is 58.2 Å². The van der Waals surface area contributed by atoms with Gasteiger partial charge in [0.05, 0.1) is 16.6 Å². The minimum atomic E-state index is 0.0547. The van der Waals surface area contributed by atoms with Gasteiger partial charge in [-0.15, -0.1) is 0 Å². The van der Waals surface area contributed by atoms with Gasteiger partial charge in [-0.05, 0) is 43.5 Å². The summed E-state index contributed by atoms with van der Waals surface area (Å²) in [5, 5.41) is 0. The number of likely N-dealkylation sites (tertiary alicyclic amines) is 1. The van der Waals surface area contributed by atoms with E-state index in [2.05, 4.69) is 9.97 Å². The summed E-state index contributed by atoms with van der Waals surface area (Å²) in [6.07, 6.45) is 3.38. The third-order valence-electron chi connectivity index (χ3n) is 4.59. The standard InChI is InChI=1S/C20H21N3O2/c24-19(23-12-6-1-7-13-23)14-25-18-11-5-2-8-15(18)20-21-16-9-3-4-10-17(16)22-20/h2-5,8-11H,1,6-7,12-14H2,(H,21,22). The first kappa shape index (κ1) is 15.7. The van der Waals surface area contributed by atoms with Gasteiger partial charge >= 0.3 is 0 Å². The molecule has 3 aromatic rings. The fraction of sp³-hybridized carbons (Fsp3) is 0.300. The highest BCUT2D eigenvalue weighted by molar-refractivity contribution is 5.81. The first-order valence-electron chi connectivity index (χ1n) is 8.76. The van der Waals surface area contributed by atoms with Crippen LogP contribution in [-0.4, -0.2) is 40.5 Å². The summed E-state index contributed by atoms with van der Waals surface area (Å²) in [6, 6.07) is 15.6. The summed E-state index contributed by atoms with van der Waals surface area (Å²) >= 11 is 0. The Hall–Kier alpha value is -2.82. The second-order valence-corrected chi connectivity index (χ2v) is 6.33.